The van der Waals surface area contributed by atoms with Crippen LogP contribution in [0.4, 0.5) is 8.78 Å². The van der Waals surface area contributed by atoms with Crippen molar-refractivity contribution in [2.24, 2.45) is 7.05 Å². The van der Waals surface area contributed by atoms with Crippen LogP contribution >= 0.6 is 0 Å². The van der Waals surface area contributed by atoms with E-state index in [1.807, 2.05) is 6.07 Å². The number of imidazole rings is 1. The largest absolute Gasteiger partial charge is 0.312 e. The lowest BCUT2D eigenvalue weighted by molar-refractivity contribution is 0.509. The number of hydrogen-bond donors (Lipinski definition) is 0. The highest BCUT2D eigenvalue weighted by molar-refractivity contribution is 5.76. The summed E-state index contributed by atoms with van der Waals surface area (Å²) in [5.74, 6) is -1.19. The fraction of sp³-hybridized carbons (Fsp3) is 0.0769. The first-order chi connectivity index (χ1) is 8.66. The van der Waals surface area contributed by atoms with Crippen LogP contribution in [0.5, 0.6) is 0 Å². The molecule has 3 aromatic rings. The van der Waals surface area contributed by atoms with Crippen LogP contribution in [0.3, 0.4) is 0 Å². The van der Waals surface area contributed by atoms with Crippen LogP contribution in [-0.2, 0) is 7.05 Å². The van der Waals surface area contributed by atoms with E-state index in [4.69, 9.17) is 0 Å². The molecule has 0 saturated heterocycles. The van der Waals surface area contributed by atoms with Crippen molar-refractivity contribution in [1.82, 2.24) is 14.5 Å². The van der Waals surface area contributed by atoms with Gasteiger partial charge in [0.2, 0.25) is 0 Å². The van der Waals surface area contributed by atoms with Crippen LogP contribution in [0.1, 0.15) is 0 Å². The Morgan fingerprint density at radius 3 is 2.67 bits per heavy atom. The van der Waals surface area contributed by atoms with Gasteiger partial charge < -0.3 is 4.57 Å². The number of benzene rings is 1. The predicted octanol–water partition coefficient (Wildman–Crippen LogP) is 2.91. The standard InChI is InChI=1S/C13H9F2N3/c1-18-12(8-4-5-9(14)10(15)7-8)17-11-3-2-6-16-13(11)18/h2-7H,1H3. The average Bonchev–Trinajstić information content (AvgIpc) is 2.71. The summed E-state index contributed by atoms with van der Waals surface area (Å²) in [4.78, 5) is 8.56. The molecule has 0 fully saturated rings. The number of aromatic nitrogens is 3. The van der Waals surface area contributed by atoms with Crippen LogP contribution in [0, 0.1) is 11.6 Å². The van der Waals surface area contributed by atoms with Gasteiger partial charge in [-0.2, -0.15) is 0 Å². The predicted molar refractivity (Wildman–Crippen MR) is 63.9 cm³/mol. The second kappa shape index (κ2) is 3.87. The smallest absolute Gasteiger partial charge is 0.159 e. The molecule has 0 N–H and O–H groups in total. The number of hydrogen-bond acceptors (Lipinski definition) is 2. The Morgan fingerprint density at radius 1 is 1.11 bits per heavy atom. The van der Waals surface area contributed by atoms with Gasteiger partial charge in [-0.25, -0.2) is 18.7 Å². The Balaban J connectivity index is 2.25. The third-order valence-corrected chi connectivity index (χ3v) is 2.81. The fourth-order valence-corrected chi connectivity index (χ4v) is 1.92. The Labute approximate surface area is 102 Å². The van der Waals surface area contributed by atoms with Crippen LogP contribution < -0.4 is 0 Å². The summed E-state index contributed by atoms with van der Waals surface area (Å²) in [5, 5.41) is 0. The van der Waals surface area contributed by atoms with Crippen LogP contribution in [0.25, 0.3) is 22.6 Å². The quantitative estimate of drug-likeness (QED) is 0.660. The van der Waals surface area contributed by atoms with Crippen molar-refractivity contribution in [1.29, 1.82) is 0 Å². The van der Waals surface area contributed by atoms with Gasteiger partial charge in [0.1, 0.15) is 11.3 Å². The molecule has 0 aliphatic carbocycles. The number of halogens is 2. The molecular weight excluding hydrogens is 236 g/mol. The van der Waals surface area contributed by atoms with Gasteiger partial charge in [0.15, 0.2) is 17.3 Å². The molecular formula is C13H9F2N3. The van der Waals surface area contributed by atoms with Crippen molar-refractivity contribution >= 4 is 11.2 Å². The number of fused-ring (bicyclic) bond motifs is 1. The summed E-state index contributed by atoms with van der Waals surface area (Å²) in [5.41, 5.74) is 1.95. The Bertz CT molecular complexity index is 734. The normalized spacial score (nSPS) is 11.1. The Kier molecular flexibility index (Phi) is 2.33. The molecule has 0 unspecified atom stereocenters. The van der Waals surface area contributed by atoms with E-state index >= 15 is 0 Å². The van der Waals surface area contributed by atoms with E-state index < -0.39 is 11.6 Å². The summed E-state index contributed by atoms with van der Waals surface area (Å²) in [6.45, 7) is 0. The molecule has 90 valence electrons. The van der Waals surface area contributed by atoms with E-state index in [0.717, 1.165) is 17.6 Å². The molecule has 3 rings (SSSR count). The van der Waals surface area contributed by atoms with Crippen molar-refractivity contribution in [3.8, 4) is 11.4 Å². The Morgan fingerprint density at radius 2 is 1.94 bits per heavy atom. The van der Waals surface area contributed by atoms with E-state index in [1.54, 1.807) is 23.9 Å². The molecule has 2 aromatic heterocycles. The monoisotopic (exact) mass is 245 g/mol. The van der Waals surface area contributed by atoms with E-state index in [9.17, 15) is 8.78 Å². The van der Waals surface area contributed by atoms with Gasteiger partial charge in [-0.05, 0) is 30.3 Å². The van der Waals surface area contributed by atoms with E-state index in [2.05, 4.69) is 9.97 Å². The highest BCUT2D eigenvalue weighted by Crippen LogP contribution is 2.23. The highest BCUT2D eigenvalue weighted by Gasteiger charge is 2.12. The fourth-order valence-electron chi connectivity index (χ4n) is 1.92. The first-order valence-electron chi connectivity index (χ1n) is 5.39. The third-order valence-electron chi connectivity index (χ3n) is 2.81. The molecule has 0 spiro atoms. The first-order valence-corrected chi connectivity index (χ1v) is 5.39. The second-order valence-corrected chi connectivity index (χ2v) is 3.97. The van der Waals surface area contributed by atoms with Crippen molar-refractivity contribution < 1.29 is 8.78 Å². The zero-order valence-corrected chi connectivity index (χ0v) is 9.56. The summed E-state index contributed by atoms with van der Waals surface area (Å²) < 4.78 is 27.9. The van der Waals surface area contributed by atoms with Gasteiger partial charge in [-0.1, -0.05) is 0 Å². The minimum atomic E-state index is -0.882. The molecule has 0 bridgehead atoms. The first kappa shape index (κ1) is 10.8. The number of rotatable bonds is 1. The molecule has 18 heavy (non-hydrogen) atoms. The van der Waals surface area contributed by atoms with Gasteiger partial charge in [-0.15, -0.1) is 0 Å². The minimum absolute atomic E-state index is 0.523. The second-order valence-electron chi connectivity index (χ2n) is 3.97. The summed E-state index contributed by atoms with van der Waals surface area (Å²) in [6, 6.07) is 7.34. The average molecular weight is 245 g/mol. The van der Waals surface area contributed by atoms with Crippen molar-refractivity contribution in [2.45, 2.75) is 0 Å². The third kappa shape index (κ3) is 1.55. The number of aryl methyl sites for hydroxylation is 1. The van der Waals surface area contributed by atoms with Gasteiger partial charge >= 0.3 is 0 Å². The summed E-state index contributed by atoms with van der Waals surface area (Å²) in [6.07, 6.45) is 1.67. The van der Waals surface area contributed by atoms with Crippen LogP contribution in [0.2, 0.25) is 0 Å². The highest BCUT2D eigenvalue weighted by atomic mass is 19.2. The number of pyridine rings is 1. The molecule has 5 heteroatoms. The van der Waals surface area contributed by atoms with Gasteiger partial charge in [0, 0.05) is 18.8 Å². The zero-order valence-electron chi connectivity index (χ0n) is 9.56. The molecule has 3 nitrogen and oxygen atoms in total. The SMILES string of the molecule is Cn1c(-c2ccc(F)c(F)c2)nc2cccnc21. The lowest BCUT2D eigenvalue weighted by atomic mass is 10.2. The molecule has 0 atom stereocenters. The molecule has 1 aromatic carbocycles. The molecule has 0 aliphatic rings. The van der Waals surface area contributed by atoms with Crippen molar-refractivity contribution in [3.63, 3.8) is 0 Å². The van der Waals surface area contributed by atoms with Crippen LogP contribution in [0.15, 0.2) is 36.5 Å². The van der Waals surface area contributed by atoms with Crippen LogP contribution in [-0.4, -0.2) is 14.5 Å². The van der Waals surface area contributed by atoms with Gasteiger partial charge in [-0.3, -0.25) is 0 Å². The van der Waals surface area contributed by atoms with Gasteiger partial charge in [0.05, 0.1) is 0 Å². The van der Waals surface area contributed by atoms with Gasteiger partial charge in [0.25, 0.3) is 0 Å². The topological polar surface area (TPSA) is 30.7 Å². The van der Waals surface area contributed by atoms with Crippen molar-refractivity contribution in [2.75, 3.05) is 0 Å². The molecule has 0 amide bonds. The lowest BCUT2D eigenvalue weighted by Gasteiger charge is -2.02. The molecule has 0 saturated carbocycles. The zero-order chi connectivity index (χ0) is 12.7. The Hall–Kier alpha value is -2.30. The van der Waals surface area contributed by atoms with E-state index in [0.29, 0.717) is 17.0 Å². The summed E-state index contributed by atoms with van der Waals surface area (Å²) in [7, 11) is 1.79. The maximum absolute atomic E-state index is 13.2. The molecule has 0 radical (unpaired) electrons. The number of nitrogens with zero attached hydrogens (tertiary/aromatic N) is 3. The van der Waals surface area contributed by atoms with E-state index in [1.165, 1.54) is 6.07 Å². The summed E-state index contributed by atoms with van der Waals surface area (Å²) >= 11 is 0. The lowest BCUT2D eigenvalue weighted by Crippen LogP contribution is -1.95. The van der Waals surface area contributed by atoms with E-state index in [-0.39, 0.29) is 0 Å². The molecule has 0 aliphatic heterocycles. The maximum Gasteiger partial charge on any atom is 0.159 e. The minimum Gasteiger partial charge on any atom is -0.312 e. The van der Waals surface area contributed by atoms with Crippen molar-refractivity contribution in [3.05, 3.63) is 48.2 Å². The molecule has 2 heterocycles. The maximum atomic E-state index is 13.2.